The molecule has 1 aromatic heterocycles. The van der Waals surface area contributed by atoms with Gasteiger partial charge in [-0.2, -0.15) is 0 Å². The van der Waals surface area contributed by atoms with Crippen LogP contribution < -0.4 is 5.49 Å². The predicted molar refractivity (Wildman–Crippen MR) is 105 cm³/mol. The molecule has 0 saturated heterocycles. The van der Waals surface area contributed by atoms with Crippen LogP contribution in [0.4, 0.5) is 5.69 Å². The lowest BCUT2D eigenvalue weighted by Gasteiger charge is -2.36. The molecule has 0 aliphatic carbocycles. The van der Waals surface area contributed by atoms with Gasteiger partial charge in [-0.3, -0.25) is 10.3 Å². The van der Waals surface area contributed by atoms with Gasteiger partial charge in [0.25, 0.3) is 0 Å². The number of allylic oxidation sites excluding steroid dienone is 2. The van der Waals surface area contributed by atoms with Crippen molar-refractivity contribution >= 4 is 23.2 Å². The van der Waals surface area contributed by atoms with E-state index in [1.54, 1.807) is 0 Å². The Labute approximate surface area is 153 Å². The topological polar surface area (TPSA) is 69.1 Å². The van der Waals surface area contributed by atoms with Gasteiger partial charge in [-0.25, -0.2) is 15.0 Å². The molecular formula is C20H24N6. The van der Waals surface area contributed by atoms with Crippen LogP contribution in [0.3, 0.4) is 0 Å². The summed E-state index contributed by atoms with van der Waals surface area (Å²) < 4.78 is 1.98. The smallest absolute Gasteiger partial charge is 0.155 e. The normalized spacial score (nSPS) is 17.8. The van der Waals surface area contributed by atoms with Crippen LogP contribution >= 0.6 is 0 Å². The van der Waals surface area contributed by atoms with E-state index in [-0.39, 0.29) is 5.41 Å². The fourth-order valence-corrected chi connectivity index (χ4v) is 3.20. The molecule has 1 aromatic rings. The quantitative estimate of drug-likeness (QED) is 0.888. The number of amidine groups is 3. The number of nitrogens with zero attached hydrogens (tertiary/aromatic N) is 5. The van der Waals surface area contributed by atoms with Crippen molar-refractivity contribution in [3.63, 3.8) is 0 Å². The van der Waals surface area contributed by atoms with E-state index in [2.05, 4.69) is 27.7 Å². The van der Waals surface area contributed by atoms with Gasteiger partial charge < -0.3 is 4.57 Å². The van der Waals surface area contributed by atoms with E-state index in [0.29, 0.717) is 5.49 Å². The highest BCUT2D eigenvalue weighted by molar-refractivity contribution is 6.23. The van der Waals surface area contributed by atoms with E-state index in [1.807, 2.05) is 40.0 Å². The molecule has 0 fully saturated rings. The SMILES string of the molecule is CCCCn1ccc2c(c1=N)C1=NC(C(C)(C)C)=NC3=CC=CC(=N2)N31. The Morgan fingerprint density at radius 1 is 1.15 bits per heavy atom. The van der Waals surface area contributed by atoms with Crippen molar-refractivity contribution in [1.82, 2.24) is 9.47 Å². The maximum Gasteiger partial charge on any atom is 0.155 e. The maximum atomic E-state index is 8.76. The van der Waals surface area contributed by atoms with Gasteiger partial charge in [0.05, 0.1) is 11.3 Å². The van der Waals surface area contributed by atoms with Crippen LogP contribution in [0, 0.1) is 10.8 Å². The maximum absolute atomic E-state index is 8.76. The van der Waals surface area contributed by atoms with Crippen molar-refractivity contribution in [3.8, 4) is 0 Å². The van der Waals surface area contributed by atoms with Crippen LogP contribution in [-0.2, 0) is 6.54 Å². The zero-order valence-electron chi connectivity index (χ0n) is 15.7. The van der Waals surface area contributed by atoms with Crippen molar-refractivity contribution in [2.45, 2.75) is 47.1 Å². The van der Waals surface area contributed by atoms with Crippen molar-refractivity contribution in [1.29, 1.82) is 5.41 Å². The van der Waals surface area contributed by atoms with E-state index in [4.69, 9.17) is 20.4 Å². The Bertz CT molecular complexity index is 979. The summed E-state index contributed by atoms with van der Waals surface area (Å²) >= 11 is 0. The molecule has 0 unspecified atom stereocenters. The molecule has 3 aliphatic rings. The summed E-state index contributed by atoms with van der Waals surface area (Å²) in [7, 11) is 0. The third-order valence-electron chi connectivity index (χ3n) is 4.67. The van der Waals surface area contributed by atoms with Gasteiger partial charge >= 0.3 is 0 Å². The van der Waals surface area contributed by atoms with Gasteiger partial charge in [0, 0.05) is 18.2 Å². The number of rotatable bonds is 3. The van der Waals surface area contributed by atoms with Gasteiger partial charge in [0.2, 0.25) is 0 Å². The zero-order valence-corrected chi connectivity index (χ0v) is 15.7. The van der Waals surface area contributed by atoms with Crippen LogP contribution in [0.5, 0.6) is 0 Å². The molecule has 134 valence electrons. The van der Waals surface area contributed by atoms with E-state index >= 15 is 0 Å². The Morgan fingerprint density at radius 2 is 1.96 bits per heavy atom. The number of aryl methyl sites for hydroxylation is 1. The zero-order chi connectivity index (χ0) is 18.5. The summed E-state index contributed by atoms with van der Waals surface area (Å²) in [5, 5.41) is 8.76. The minimum atomic E-state index is -0.175. The Kier molecular flexibility index (Phi) is 3.79. The largest absolute Gasteiger partial charge is 0.333 e. The standard InChI is InChI=1S/C20H24N6/c1-5-6-11-25-12-10-13-16(17(25)21)18-24-19(20(2,3)4)23-15-9-7-8-14(22-13)26(15)18/h7-10,12,21H,5-6,11H2,1-4H3. The number of nitrogens with one attached hydrogen (secondary N) is 1. The van der Waals surface area contributed by atoms with E-state index in [0.717, 1.165) is 54.0 Å². The van der Waals surface area contributed by atoms with E-state index in [1.165, 1.54) is 0 Å². The average Bonchev–Trinajstić information content (AvgIpc) is 2.60. The lowest BCUT2D eigenvalue weighted by molar-refractivity contribution is 0.571. The Balaban J connectivity index is 1.95. The Hall–Kier alpha value is -2.76. The first-order valence-corrected chi connectivity index (χ1v) is 9.13. The molecule has 6 heteroatoms. The van der Waals surface area contributed by atoms with Crippen molar-refractivity contribution in [2.75, 3.05) is 0 Å². The van der Waals surface area contributed by atoms with Crippen molar-refractivity contribution in [3.05, 3.63) is 47.4 Å². The highest BCUT2D eigenvalue weighted by atomic mass is 15.4. The third kappa shape index (κ3) is 2.57. The molecule has 0 saturated carbocycles. The first-order valence-electron chi connectivity index (χ1n) is 9.13. The Morgan fingerprint density at radius 3 is 2.69 bits per heavy atom. The van der Waals surface area contributed by atoms with E-state index < -0.39 is 0 Å². The highest BCUT2D eigenvalue weighted by Gasteiger charge is 2.36. The van der Waals surface area contributed by atoms with Crippen molar-refractivity contribution in [2.24, 2.45) is 20.4 Å². The number of aromatic nitrogens is 1. The monoisotopic (exact) mass is 348 g/mol. The molecular weight excluding hydrogens is 324 g/mol. The molecule has 0 bridgehead atoms. The van der Waals surface area contributed by atoms with Gasteiger partial charge in [-0.15, -0.1) is 0 Å². The first-order chi connectivity index (χ1) is 12.4. The van der Waals surface area contributed by atoms with Crippen LogP contribution in [0.2, 0.25) is 0 Å². The second-order valence-electron chi connectivity index (χ2n) is 7.78. The summed E-state index contributed by atoms with van der Waals surface area (Å²) in [6.45, 7) is 9.31. The highest BCUT2D eigenvalue weighted by Crippen LogP contribution is 2.33. The van der Waals surface area contributed by atoms with Gasteiger partial charge in [0.1, 0.15) is 23.0 Å². The number of pyridine rings is 1. The lowest BCUT2D eigenvalue weighted by Crippen LogP contribution is -2.46. The molecule has 3 aliphatic heterocycles. The molecule has 1 N–H and O–H groups in total. The minimum Gasteiger partial charge on any atom is -0.333 e. The molecule has 4 rings (SSSR count). The number of aliphatic imine (C=N–C) groups is 3. The first kappa shape index (κ1) is 16.7. The van der Waals surface area contributed by atoms with Crippen LogP contribution in [0.1, 0.15) is 46.1 Å². The lowest BCUT2D eigenvalue weighted by atomic mass is 9.94. The summed E-state index contributed by atoms with van der Waals surface area (Å²) in [6.07, 6.45) is 10.00. The number of fused-ring (bicyclic) bond motifs is 2. The van der Waals surface area contributed by atoms with Crippen LogP contribution in [0.25, 0.3) is 0 Å². The summed E-state index contributed by atoms with van der Waals surface area (Å²) in [5.41, 5.74) is 1.87. The summed E-state index contributed by atoms with van der Waals surface area (Å²) in [6, 6.07) is 1.99. The molecule has 0 spiro atoms. The third-order valence-corrected chi connectivity index (χ3v) is 4.67. The fourth-order valence-electron chi connectivity index (χ4n) is 3.20. The van der Waals surface area contributed by atoms with Crippen molar-refractivity contribution < 1.29 is 0 Å². The number of hydrogen-bond acceptors (Lipinski definition) is 5. The second-order valence-corrected chi connectivity index (χ2v) is 7.78. The molecule has 4 heterocycles. The van der Waals surface area contributed by atoms with Gasteiger partial charge in [-0.1, -0.05) is 40.2 Å². The van der Waals surface area contributed by atoms with Crippen LogP contribution in [0.15, 0.2) is 51.3 Å². The van der Waals surface area contributed by atoms with Gasteiger partial charge in [-0.05, 0) is 24.6 Å². The molecule has 26 heavy (non-hydrogen) atoms. The molecule has 6 nitrogen and oxygen atoms in total. The summed E-state index contributed by atoms with van der Waals surface area (Å²) in [5.74, 6) is 3.16. The van der Waals surface area contributed by atoms with Crippen LogP contribution in [-0.4, -0.2) is 27.0 Å². The predicted octanol–water partition coefficient (Wildman–Crippen LogP) is 3.73. The number of hydrogen-bond donors (Lipinski definition) is 1. The number of unbranched alkanes of at least 4 members (excludes halogenated alkanes) is 1. The molecule has 0 atom stereocenters. The van der Waals surface area contributed by atoms with Gasteiger partial charge in [0.15, 0.2) is 5.84 Å². The second kappa shape index (κ2) is 5.90. The molecule has 0 aromatic carbocycles. The minimum absolute atomic E-state index is 0.175. The molecule has 0 amide bonds. The summed E-state index contributed by atoms with van der Waals surface area (Å²) in [4.78, 5) is 16.3. The fraction of sp³-hybridized carbons (Fsp3) is 0.400. The molecule has 0 radical (unpaired) electrons. The van der Waals surface area contributed by atoms with E-state index in [9.17, 15) is 0 Å². The average molecular weight is 348 g/mol.